The van der Waals surface area contributed by atoms with E-state index in [1.807, 2.05) is 4.98 Å². The van der Waals surface area contributed by atoms with Gasteiger partial charge in [0, 0.05) is 18.0 Å². The van der Waals surface area contributed by atoms with Crippen molar-refractivity contribution < 1.29 is 51.6 Å². The van der Waals surface area contributed by atoms with Crippen LogP contribution in [0.15, 0.2) is 52.2 Å². The number of nitrogens with zero attached hydrogens (tertiary/aromatic N) is 1. The van der Waals surface area contributed by atoms with Crippen molar-refractivity contribution in [2.24, 2.45) is 0 Å². The molecular formula is C19H23N3O13P2-2. The number of hydrogen-bond acceptors (Lipinski definition) is 13. The first-order valence-electron chi connectivity index (χ1n) is 10.7. The second kappa shape index (κ2) is 12.3. The fourth-order valence-corrected chi connectivity index (χ4v) is 5.26. The van der Waals surface area contributed by atoms with Gasteiger partial charge in [0.15, 0.2) is 12.3 Å². The first-order valence-corrected chi connectivity index (χ1v) is 13.6. The topological polar surface area (TPSA) is 231 Å². The Morgan fingerprint density at radius 3 is 2.49 bits per heavy atom. The van der Waals surface area contributed by atoms with Crippen molar-refractivity contribution in [3.8, 4) is 0 Å². The van der Waals surface area contributed by atoms with E-state index in [-0.39, 0.29) is 13.0 Å². The summed E-state index contributed by atoms with van der Waals surface area (Å²) >= 11 is 0. The van der Waals surface area contributed by atoms with Crippen molar-refractivity contribution in [1.82, 2.24) is 9.55 Å². The van der Waals surface area contributed by atoms with E-state index in [1.54, 1.807) is 37.3 Å². The van der Waals surface area contributed by atoms with Gasteiger partial charge in [-0.2, -0.15) is 0 Å². The Morgan fingerprint density at radius 1 is 1.16 bits per heavy atom. The molecule has 0 radical (unpaired) electrons. The monoisotopic (exact) mass is 563 g/mol. The molecule has 1 saturated heterocycles. The van der Waals surface area contributed by atoms with Gasteiger partial charge in [0.25, 0.3) is 21.2 Å². The number of ether oxygens (including phenoxy) is 2. The van der Waals surface area contributed by atoms with Crippen molar-refractivity contribution in [3.63, 3.8) is 0 Å². The zero-order valence-electron chi connectivity index (χ0n) is 19.2. The molecule has 0 bridgehead atoms. The van der Waals surface area contributed by atoms with Gasteiger partial charge in [0.2, 0.25) is 0 Å². The van der Waals surface area contributed by atoms with E-state index in [2.05, 4.69) is 18.7 Å². The molecule has 0 aliphatic carbocycles. The SMILES string of the molecule is CCCOP(=O)([O-])OP(=O)([O-])OC[C@H]1O[C@@H](n2ccc(=O)[nH]c2=O)C(OC(=O)Nc2ccccc2)[C@H]1O. The van der Waals surface area contributed by atoms with Gasteiger partial charge in [-0.15, -0.1) is 0 Å². The lowest BCUT2D eigenvalue weighted by molar-refractivity contribution is -0.245. The Balaban J connectivity index is 1.76. The van der Waals surface area contributed by atoms with Crippen LogP contribution in [0.4, 0.5) is 10.5 Å². The van der Waals surface area contributed by atoms with Crippen LogP contribution in [0, 0.1) is 0 Å². The summed E-state index contributed by atoms with van der Waals surface area (Å²) in [6, 6.07) is 9.04. The molecule has 3 rings (SSSR count). The van der Waals surface area contributed by atoms with Crippen LogP contribution in [0.2, 0.25) is 0 Å². The normalized spacial score (nSPS) is 24.6. The zero-order chi connectivity index (χ0) is 27.2. The number of carbonyl (C=O) groups excluding carboxylic acids is 1. The number of carbonyl (C=O) groups is 1. The first kappa shape index (κ1) is 28.9. The maximum Gasteiger partial charge on any atom is 0.412 e. The third-order valence-electron chi connectivity index (χ3n) is 4.75. The van der Waals surface area contributed by atoms with Gasteiger partial charge >= 0.3 is 11.8 Å². The highest BCUT2D eigenvalue weighted by molar-refractivity contribution is 7.59. The molecule has 1 aliphatic heterocycles. The average Bonchev–Trinajstić information content (AvgIpc) is 3.11. The molecule has 3 N–H and O–H groups in total. The highest BCUT2D eigenvalue weighted by Gasteiger charge is 2.48. The number of aromatic amines is 1. The lowest BCUT2D eigenvalue weighted by atomic mass is 10.1. The number of para-hydroxylation sites is 1. The molecule has 6 atom stereocenters. The molecule has 37 heavy (non-hydrogen) atoms. The lowest BCUT2D eigenvalue weighted by Gasteiger charge is -2.31. The summed E-state index contributed by atoms with van der Waals surface area (Å²) < 4.78 is 47.9. The Bertz CT molecular complexity index is 1280. The molecule has 18 heteroatoms. The van der Waals surface area contributed by atoms with Crippen molar-refractivity contribution in [2.45, 2.75) is 37.9 Å². The van der Waals surface area contributed by atoms with Crippen LogP contribution in [-0.2, 0) is 32.0 Å². The molecule has 2 aromatic rings. The van der Waals surface area contributed by atoms with Crippen molar-refractivity contribution in [1.29, 1.82) is 0 Å². The lowest BCUT2D eigenvalue weighted by Crippen LogP contribution is -2.41. The van der Waals surface area contributed by atoms with Crippen molar-refractivity contribution >= 4 is 27.4 Å². The minimum absolute atomic E-state index is 0.256. The van der Waals surface area contributed by atoms with Crippen molar-refractivity contribution in [3.05, 3.63) is 63.4 Å². The maximum atomic E-state index is 12.4. The first-order chi connectivity index (χ1) is 17.4. The highest BCUT2D eigenvalue weighted by Crippen LogP contribution is 2.55. The summed E-state index contributed by atoms with van der Waals surface area (Å²) in [7, 11) is -10.8. The van der Waals surface area contributed by atoms with E-state index in [1.165, 1.54) is 0 Å². The third-order valence-corrected chi connectivity index (χ3v) is 7.32. The molecule has 3 unspecified atom stereocenters. The summed E-state index contributed by atoms with van der Waals surface area (Å²) in [5.41, 5.74) is -1.38. The predicted molar refractivity (Wildman–Crippen MR) is 120 cm³/mol. The molecule has 204 valence electrons. The van der Waals surface area contributed by atoms with Gasteiger partial charge in [-0.1, -0.05) is 25.1 Å². The summed E-state index contributed by atoms with van der Waals surface area (Å²) in [6.07, 6.45) is -6.28. The maximum absolute atomic E-state index is 12.4. The summed E-state index contributed by atoms with van der Waals surface area (Å²) in [5, 5.41) is 13.1. The van der Waals surface area contributed by atoms with Gasteiger partial charge < -0.3 is 33.4 Å². The number of rotatable bonds is 11. The number of H-pyrrole nitrogens is 1. The number of phosphoric ester groups is 2. The fraction of sp³-hybridized carbons (Fsp3) is 0.421. The number of benzene rings is 1. The highest BCUT2D eigenvalue weighted by atomic mass is 31.3. The predicted octanol–water partition coefficient (Wildman–Crippen LogP) is -0.191. The molecule has 1 aromatic carbocycles. The van der Waals surface area contributed by atoms with Gasteiger partial charge in [0.1, 0.15) is 12.2 Å². The number of amides is 1. The summed E-state index contributed by atoms with van der Waals surface area (Å²) in [5.74, 6) is 0. The quantitative estimate of drug-likeness (QED) is 0.301. The van der Waals surface area contributed by atoms with E-state index in [0.717, 1.165) is 16.8 Å². The molecular weight excluding hydrogens is 540 g/mol. The zero-order valence-corrected chi connectivity index (χ0v) is 20.9. The van der Waals surface area contributed by atoms with E-state index in [0.29, 0.717) is 5.69 Å². The minimum Gasteiger partial charge on any atom is -0.756 e. The standard InChI is InChI=1S/C19H25N3O13P2/c1-2-10-31-36(27,28)35-37(29,30)32-11-13-15(24)16(34-19(26)20-12-6-4-3-5-7-12)17(33-13)22-9-8-14(23)21-18(22)25/h3-9,13,15-17,24H,2,10-11H2,1H3,(H,20,26)(H,27,28)(H,29,30)(H,21,23,25)/p-2/t13-,15+,16?,17-/m1/s1. The Morgan fingerprint density at radius 2 is 1.84 bits per heavy atom. The molecule has 2 heterocycles. The molecule has 0 saturated carbocycles. The minimum atomic E-state index is -5.51. The molecule has 1 fully saturated rings. The molecule has 16 nitrogen and oxygen atoms in total. The Hall–Kier alpha value is -2.65. The van der Waals surface area contributed by atoms with Gasteiger partial charge in [-0.05, 0) is 18.6 Å². The molecule has 0 spiro atoms. The van der Waals surface area contributed by atoms with E-state index in [4.69, 9.17) is 9.47 Å². The van der Waals surface area contributed by atoms with Crippen LogP contribution in [-0.4, -0.2) is 52.3 Å². The van der Waals surface area contributed by atoms with Crippen LogP contribution in [0.1, 0.15) is 19.6 Å². The second-order valence-electron chi connectivity index (χ2n) is 7.54. The number of hydrogen-bond donors (Lipinski definition) is 3. The van der Waals surface area contributed by atoms with Gasteiger partial charge in [0.05, 0.1) is 13.2 Å². The van der Waals surface area contributed by atoms with Crippen LogP contribution >= 0.6 is 15.6 Å². The second-order valence-corrected chi connectivity index (χ2v) is 10.5. The number of aliphatic hydroxyl groups is 1. The number of aliphatic hydroxyl groups excluding tert-OH is 1. The number of anilines is 1. The Labute approximate surface area is 209 Å². The van der Waals surface area contributed by atoms with Crippen molar-refractivity contribution in [2.75, 3.05) is 18.5 Å². The fourth-order valence-electron chi connectivity index (χ4n) is 3.16. The largest absolute Gasteiger partial charge is 0.756 e. The third kappa shape index (κ3) is 8.17. The average molecular weight is 563 g/mol. The molecule has 1 amide bonds. The van der Waals surface area contributed by atoms with Crippen LogP contribution in [0.3, 0.4) is 0 Å². The summed E-state index contributed by atoms with van der Waals surface area (Å²) in [6.45, 7) is 0.254. The number of aromatic nitrogens is 2. The number of phosphoric acid groups is 2. The van der Waals surface area contributed by atoms with Crippen LogP contribution < -0.4 is 26.4 Å². The van der Waals surface area contributed by atoms with E-state index in [9.17, 15) is 38.4 Å². The van der Waals surface area contributed by atoms with Crippen LogP contribution in [0.25, 0.3) is 0 Å². The van der Waals surface area contributed by atoms with Crippen LogP contribution in [0.5, 0.6) is 0 Å². The summed E-state index contributed by atoms with van der Waals surface area (Å²) in [4.78, 5) is 61.7. The Kier molecular flexibility index (Phi) is 9.58. The van der Waals surface area contributed by atoms with E-state index < -0.39 is 64.1 Å². The molecule has 1 aliphatic rings. The van der Waals surface area contributed by atoms with Gasteiger partial charge in [-0.3, -0.25) is 28.8 Å². The van der Waals surface area contributed by atoms with Gasteiger partial charge in [-0.25, -0.2) is 13.9 Å². The molecule has 1 aromatic heterocycles. The van der Waals surface area contributed by atoms with E-state index >= 15 is 0 Å². The smallest absolute Gasteiger partial charge is 0.412 e. The number of nitrogens with one attached hydrogen (secondary N) is 2.